The first-order valence-electron chi connectivity index (χ1n) is 7.91. The Morgan fingerprint density at radius 1 is 1.08 bits per heavy atom. The van der Waals surface area contributed by atoms with Gasteiger partial charge in [0.05, 0.1) is 18.3 Å². The van der Waals surface area contributed by atoms with E-state index in [0.717, 1.165) is 36.1 Å². The molecule has 0 radical (unpaired) electrons. The van der Waals surface area contributed by atoms with E-state index in [1.165, 1.54) is 11.1 Å². The third-order valence-electron chi connectivity index (χ3n) is 4.59. The average molecular weight is 323 g/mol. The number of H-pyrrole nitrogens is 2. The summed E-state index contributed by atoms with van der Waals surface area (Å²) in [6.45, 7) is 1.85. The van der Waals surface area contributed by atoms with E-state index in [1.807, 2.05) is 13.0 Å². The van der Waals surface area contributed by atoms with Crippen molar-refractivity contribution in [2.45, 2.75) is 26.2 Å². The Morgan fingerprint density at radius 2 is 1.83 bits per heavy atom. The van der Waals surface area contributed by atoms with Gasteiger partial charge in [0, 0.05) is 5.56 Å². The van der Waals surface area contributed by atoms with Crippen LogP contribution in [0.4, 0.5) is 0 Å². The highest BCUT2D eigenvalue weighted by Gasteiger charge is 2.18. The summed E-state index contributed by atoms with van der Waals surface area (Å²) in [4.78, 5) is 32.9. The number of fused-ring (bicyclic) bond motifs is 2. The largest absolute Gasteiger partial charge is 0.496 e. The summed E-state index contributed by atoms with van der Waals surface area (Å²) >= 11 is 0. The van der Waals surface area contributed by atoms with Gasteiger partial charge in [-0.1, -0.05) is 0 Å². The molecule has 1 aliphatic carbocycles. The summed E-state index contributed by atoms with van der Waals surface area (Å²) in [6.07, 6.45) is 3.26. The molecule has 0 saturated carbocycles. The van der Waals surface area contributed by atoms with Crippen LogP contribution in [0.3, 0.4) is 0 Å². The number of pyridine rings is 1. The SMILES string of the molecule is COc1cc2c(cc1-c1cc(C)c3[nH]c(=O)[nH]c(=O)c3n1)CCC2. The summed E-state index contributed by atoms with van der Waals surface area (Å²) in [6, 6.07) is 6.04. The van der Waals surface area contributed by atoms with Crippen molar-refractivity contribution in [2.24, 2.45) is 0 Å². The molecule has 2 aromatic heterocycles. The Morgan fingerprint density at radius 3 is 2.58 bits per heavy atom. The van der Waals surface area contributed by atoms with Crippen molar-refractivity contribution >= 4 is 11.0 Å². The number of nitrogens with one attached hydrogen (secondary N) is 2. The first-order valence-corrected chi connectivity index (χ1v) is 7.91. The molecule has 3 aromatic rings. The molecule has 1 aromatic carbocycles. The van der Waals surface area contributed by atoms with Gasteiger partial charge in [0.15, 0.2) is 5.52 Å². The third kappa shape index (κ3) is 2.22. The quantitative estimate of drug-likeness (QED) is 0.756. The lowest BCUT2D eigenvalue weighted by Crippen LogP contribution is -2.23. The second-order valence-corrected chi connectivity index (χ2v) is 6.13. The van der Waals surface area contributed by atoms with E-state index < -0.39 is 11.2 Å². The normalized spacial score (nSPS) is 13.2. The van der Waals surface area contributed by atoms with Gasteiger partial charge in [0.2, 0.25) is 0 Å². The van der Waals surface area contributed by atoms with Crippen molar-refractivity contribution in [3.63, 3.8) is 0 Å². The fourth-order valence-corrected chi connectivity index (χ4v) is 3.41. The molecule has 2 N–H and O–H groups in total. The monoisotopic (exact) mass is 323 g/mol. The molecule has 6 heteroatoms. The van der Waals surface area contributed by atoms with Crippen LogP contribution in [0.2, 0.25) is 0 Å². The Hall–Kier alpha value is -2.89. The smallest absolute Gasteiger partial charge is 0.326 e. The van der Waals surface area contributed by atoms with Crippen LogP contribution in [0.15, 0.2) is 27.8 Å². The van der Waals surface area contributed by atoms with Crippen molar-refractivity contribution in [2.75, 3.05) is 7.11 Å². The summed E-state index contributed by atoms with van der Waals surface area (Å²) in [5, 5.41) is 0. The highest BCUT2D eigenvalue weighted by atomic mass is 16.5. The number of ether oxygens (including phenoxy) is 1. The van der Waals surface area contributed by atoms with Crippen molar-refractivity contribution in [3.8, 4) is 17.0 Å². The van der Waals surface area contributed by atoms with Gasteiger partial charge in [-0.05, 0) is 61.1 Å². The zero-order valence-corrected chi connectivity index (χ0v) is 13.5. The first kappa shape index (κ1) is 14.7. The van der Waals surface area contributed by atoms with Gasteiger partial charge in [-0.3, -0.25) is 9.78 Å². The molecule has 2 heterocycles. The maximum Gasteiger partial charge on any atom is 0.326 e. The number of aryl methyl sites for hydroxylation is 3. The molecule has 122 valence electrons. The van der Waals surface area contributed by atoms with Crippen molar-refractivity contribution in [1.29, 1.82) is 0 Å². The van der Waals surface area contributed by atoms with Gasteiger partial charge in [-0.2, -0.15) is 0 Å². The van der Waals surface area contributed by atoms with E-state index in [2.05, 4.69) is 27.1 Å². The molecule has 0 aliphatic heterocycles. The topological polar surface area (TPSA) is 87.8 Å². The lowest BCUT2D eigenvalue weighted by molar-refractivity contribution is 0.416. The predicted octanol–water partition coefficient (Wildman–Crippen LogP) is 2.08. The lowest BCUT2D eigenvalue weighted by atomic mass is 10.0. The van der Waals surface area contributed by atoms with Gasteiger partial charge < -0.3 is 9.72 Å². The first-order chi connectivity index (χ1) is 11.6. The molecular formula is C18H17N3O3. The van der Waals surface area contributed by atoms with Crippen LogP contribution in [0.5, 0.6) is 5.75 Å². The molecule has 0 fully saturated rings. The molecule has 0 amide bonds. The minimum Gasteiger partial charge on any atom is -0.496 e. The van der Waals surface area contributed by atoms with E-state index in [0.29, 0.717) is 11.2 Å². The van der Waals surface area contributed by atoms with Crippen molar-refractivity contribution in [1.82, 2.24) is 15.0 Å². The number of aromatic amines is 2. The highest BCUT2D eigenvalue weighted by Crippen LogP contribution is 2.36. The van der Waals surface area contributed by atoms with Crippen LogP contribution in [-0.4, -0.2) is 22.1 Å². The van der Waals surface area contributed by atoms with Crippen LogP contribution in [0.25, 0.3) is 22.3 Å². The maximum atomic E-state index is 12.1. The standard InChI is InChI=1S/C18H17N3O3/c1-9-6-13(19-16-15(9)20-18(23)21-17(16)22)12-7-10-4-3-5-11(10)8-14(12)24-2/h6-8H,3-5H2,1-2H3,(H2,20,21,22,23). The lowest BCUT2D eigenvalue weighted by Gasteiger charge is -2.12. The van der Waals surface area contributed by atoms with E-state index in [1.54, 1.807) is 7.11 Å². The minimum atomic E-state index is -0.528. The Balaban J connectivity index is 2.01. The predicted molar refractivity (Wildman–Crippen MR) is 91.7 cm³/mol. The molecule has 6 nitrogen and oxygen atoms in total. The fraction of sp³-hybridized carbons (Fsp3) is 0.278. The summed E-state index contributed by atoms with van der Waals surface area (Å²) in [7, 11) is 1.64. The van der Waals surface area contributed by atoms with Crippen molar-refractivity contribution < 1.29 is 4.74 Å². The molecule has 0 bridgehead atoms. The second kappa shape index (κ2) is 5.33. The number of methoxy groups -OCH3 is 1. The van der Waals surface area contributed by atoms with E-state index in [9.17, 15) is 9.59 Å². The number of hydrogen-bond acceptors (Lipinski definition) is 4. The molecule has 4 rings (SSSR count). The van der Waals surface area contributed by atoms with Gasteiger partial charge in [-0.15, -0.1) is 0 Å². The van der Waals surface area contributed by atoms with E-state index in [4.69, 9.17) is 4.74 Å². The van der Waals surface area contributed by atoms with E-state index >= 15 is 0 Å². The van der Waals surface area contributed by atoms with E-state index in [-0.39, 0.29) is 5.52 Å². The molecule has 0 saturated heterocycles. The number of rotatable bonds is 2. The van der Waals surface area contributed by atoms with Crippen LogP contribution in [0, 0.1) is 6.92 Å². The number of nitrogens with zero attached hydrogens (tertiary/aromatic N) is 1. The molecule has 0 atom stereocenters. The van der Waals surface area contributed by atoms with Crippen LogP contribution >= 0.6 is 0 Å². The van der Waals surface area contributed by atoms with Crippen molar-refractivity contribution in [3.05, 3.63) is 55.7 Å². The summed E-state index contributed by atoms with van der Waals surface area (Å²) in [5.74, 6) is 0.753. The Labute approximate surface area is 137 Å². The second-order valence-electron chi connectivity index (χ2n) is 6.13. The van der Waals surface area contributed by atoms with Gasteiger partial charge in [-0.25, -0.2) is 9.78 Å². The molecule has 24 heavy (non-hydrogen) atoms. The van der Waals surface area contributed by atoms with Gasteiger partial charge in [0.25, 0.3) is 5.56 Å². The van der Waals surface area contributed by atoms with Gasteiger partial charge >= 0.3 is 5.69 Å². The Kier molecular flexibility index (Phi) is 3.26. The maximum absolute atomic E-state index is 12.1. The zero-order chi connectivity index (χ0) is 16.8. The number of aromatic nitrogens is 3. The molecular weight excluding hydrogens is 306 g/mol. The molecule has 0 unspecified atom stereocenters. The summed E-state index contributed by atoms with van der Waals surface area (Å²) < 4.78 is 5.54. The number of benzene rings is 1. The fourth-order valence-electron chi connectivity index (χ4n) is 3.41. The van der Waals surface area contributed by atoms with Gasteiger partial charge in [0.1, 0.15) is 5.75 Å². The minimum absolute atomic E-state index is 0.229. The molecule has 0 spiro atoms. The average Bonchev–Trinajstić information content (AvgIpc) is 3.01. The Bertz CT molecular complexity index is 1080. The highest BCUT2D eigenvalue weighted by molar-refractivity contribution is 5.82. The number of hydrogen-bond donors (Lipinski definition) is 2. The summed E-state index contributed by atoms with van der Waals surface area (Å²) in [5.41, 5.74) is 4.63. The molecule has 1 aliphatic rings. The van der Waals surface area contributed by atoms with Crippen LogP contribution < -0.4 is 16.0 Å². The van der Waals surface area contributed by atoms with Crippen LogP contribution in [0.1, 0.15) is 23.1 Å². The van der Waals surface area contributed by atoms with Crippen LogP contribution in [-0.2, 0) is 12.8 Å². The zero-order valence-electron chi connectivity index (χ0n) is 13.5. The third-order valence-corrected chi connectivity index (χ3v) is 4.59.